The van der Waals surface area contributed by atoms with Crippen LogP contribution in [0.2, 0.25) is 0 Å². The largest absolute Gasteiger partial charge is 0.508 e. The zero-order chi connectivity index (χ0) is 26.9. The standard InChI is InChI=1S/C30H25FN2O4S/c1-37-28-18-24(34)15-14-21(28)16-27(33-29(35)20-8-3-2-4-9-20)30(36)32-23-11-7-12-25(17-23)38-19-22-10-5-6-13-26(22)31/h2-18,34H,19H2,1H3,(H,32,36)(H,33,35)/b27-16-. The van der Waals surface area contributed by atoms with Gasteiger partial charge in [0.25, 0.3) is 11.8 Å². The van der Waals surface area contributed by atoms with Crippen molar-refractivity contribution in [3.8, 4) is 11.5 Å². The van der Waals surface area contributed by atoms with E-state index in [4.69, 9.17) is 4.74 Å². The summed E-state index contributed by atoms with van der Waals surface area (Å²) in [5.41, 5.74) is 1.94. The number of carbonyl (C=O) groups excluding carboxylic acids is 2. The highest BCUT2D eigenvalue weighted by molar-refractivity contribution is 7.98. The molecular weight excluding hydrogens is 503 g/mol. The average molecular weight is 529 g/mol. The number of amides is 2. The second-order valence-corrected chi connectivity index (χ2v) is 9.22. The van der Waals surface area contributed by atoms with E-state index in [1.165, 1.54) is 43.1 Å². The lowest BCUT2D eigenvalue weighted by molar-refractivity contribution is -0.113. The van der Waals surface area contributed by atoms with Gasteiger partial charge in [0.05, 0.1) is 7.11 Å². The maximum Gasteiger partial charge on any atom is 0.272 e. The van der Waals surface area contributed by atoms with E-state index >= 15 is 0 Å². The summed E-state index contributed by atoms with van der Waals surface area (Å²) >= 11 is 1.44. The summed E-state index contributed by atoms with van der Waals surface area (Å²) in [4.78, 5) is 27.1. The molecule has 192 valence electrons. The lowest BCUT2D eigenvalue weighted by Crippen LogP contribution is -2.30. The molecule has 0 unspecified atom stereocenters. The second kappa shape index (κ2) is 12.6. The number of anilines is 1. The molecule has 0 spiro atoms. The molecule has 2 amide bonds. The van der Waals surface area contributed by atoms with Gasteiger partial charge in [0.2, 0.25) is 0 Å². The Labute approximate surface area is 224 Å². The molecule has 0 aliphatic rings. The van der Waals surface area contributed by atoms with Crippen LogP contribution in [0.1, 0.15) is 21.5 Å². The Hall–Kier alpha value is -4.56. The van der Waals surface area contributed by atoms with Crippen LogP contribution >= 0.6 is 11.8 Å². The number of carbonyl (C=O) groups is 2. The minimum absolute atomic E-state index is 0.00280. The normalized spacial score (nSPS) is 11.1. The summed E-state index contributed by atoms with van der Waals surface area (Å²) in [5.74, 6) is -0.514. The maximum atomic E-state index is 14.0. The lowest BCUT2D eigenvalue weighted by Gasteiger charge is -2.13. The second-order valence-electron chi connectivity index (χ2n) is 8.17. The molecule has 0 aliphatic carbocycles. The zero-order valence-corrected chi connectivity index (χ0v) is 21.3. The third kappa shape index (κ3) is 7.02. The molecule has 4 rings (SSSR count). The van der Waals surface area contributed by atoms with Crippen molar-refractivity contribution < 1.29 is 23.8 Å². The Kier molecular flexibility index (Phi) is 8.79. The Morgan fingerprint density at radius 1 is 0.947 bits per heavy atom. The highest BCUT2D eigenvalue weighted by Gasteiger charge is 2.16. The first-order valence-corrected chi connectivity index (χ1v) is 12.6. The van der Waals surface area contributed by atoms with Gasteiger partial charge in [0.1, 0.15) is 23.0 Å². The number of thioether (sulfide) groups is 1. The van der Waals surface area contributed by atoms with E-state index in [2.05, 4.69) is 10.6 Å². The predicted molar refractivity (Wildman–Crippen MR) is 148 cm³/mol. The van der Waals surface area contributed by atoms with E-state index in [1.54, 1.807) is 72.8 Å². The van der Waals surface area contributed by atoms with Crippen molar-refractivity contribution in [2.45, 2.75) is 10.6 Å². The maximum absolute atomic E-state index is 14.0. The van der Waals surface area contributed by atoms with Gasteiger partial charge in [0, 0.05) is 33.5 Å². The van der Waals surface area contributed by atoms with Crippen LogP contribution in [0.5, 0.6) is 11.5 Å². The molecule has 0 aromatic heterocycles. The first-order valence-electron chi connectivity index (χ1n) is 11.7. The average Bonchev–Trinajstić information content (AvgIpc) is 2.93. The van der Waals surface area contributed by atoms with Crippen LogP contribution in [-0.4, -0.2) is 24.0 Å². The molecule has 0 saturated heterocycles. The van der Waals surface area contributed by atoms with Crippen molar-refractivity contribution in [1.82, 2.24) is 5.32 Å². The molecule has 4 aromatic rings. The number of phenolic OH excluding ortho intramolecular Hbond substituents is 1. The molecule has 0 bridgehead atoms. The fourth-order valence-electron chi connectivity index (χ4n) is 3.56. The number of rotatable bonds is 9. The third-order valence-electron chi connectivity index (χ3n) is 5.49. The molecule has 3 N–H and O–H groups in total. The fraction of sp³-hybridized carbons (Fsp3) is 0.0667. The molecule has 0 saturated carbocycles. The van der Waals surface area contributed by atoms with Crippen LogP contribution in [0.4, 0.5) is 10.1 Å². The number of hydrogen-bond donors (Lipinski definition) is 3. The smallest absolute Gasteiger partial charge is 0.272 e. The van der Waals surface area contributed by atoms with Crippen LogP contribution in [0.15, 0.2) is 108 Å². The molecular formula is C30H25FN2O4S. The predicted octanol–water partition coefficient (Wildman–Crippen LogP) is 6.24. The topological polar surface area (TPSA) is 87.7 Å². The highest BCUT2D eigenvalue weighted by atomic mass is 32.2. The number of aromatic hydroxyl groups is 1. The van der Waals surface area contributed by atoms with Crippen LogP contribution in [0, 0.1) is 5.82 Å². The lowest BCUT2D eigenvalue weighted by atomic mass is 10.1. The van der Waals surface area contributed by atoms with Crippen molar-refractivity contribution >= 4 is 35.3 Å². The van der Waals surface area contributed by atoms with Crippen LogP contribution in [0.3, 0.4) is 0 Å². The van der Waals surface area contributed by atoms with Crippen molar-refractivity contribution in [2.24, 2.45) is 0 Å². The van der Waals surface area contributed by atoms with Gasteiger partial charge >= 0.3 is 0 Å². The highest BCUT2D eigenvalue weighted by Crippen LogP contribution is 2.28. The summed E-state index contributed by atoms with van der Waals surface area (Å²) in [6.07, 6.45) is 1.48. The number of methoxy groups -OCH3 is 1. The molecule has 0 radical (unpaired) electrons. The van der Waals surface area contributed by atoms with Crippen molar-refractivity contribution in [3.05, 3.63) is 125 Å². The first kappa shape index (κ1) is 26.5. The van der Waals surface area contributed by atoms with Crippen molar-refractivity contribution in [2.75, 3.05) is 12.4 Å². The van der Waals surface area contributed by atoms with Gasteiger partial charge < -0.3 is 20.5 Å². The van der Waals surface area contributed by atoms with E-state index in [-0.39, 0.29) is 17.3 Å². The molecule has 0 fully saturated rings. The van der Waals surface area contributed by atoms with Gasteiger partial charge in [-0.3, -0.25) is 9.59 Å². The first-order chi connectivity index (χ1) is 18.4. The fourth-order valence-corrected chi connectivity index (χ4v) is 4.50. The van der Waals surface area contributed by atoms with Crippen LogP contribution in [-0.2, 0) is 10.5 Å². The Morgan fingerprint density at radius 3 is 2.47 bits per heavy atom. The quantitative estimate of drug-likeness (QED) is 0.177. The molecule has 0 heterocycles. The molecule has 38 heavy (non-hydrogen) atoms. The SMILES string of the molecule is COc1cc(O)ccc1/C=C(\NC(=O)c1ccccc1)C(=O)Nc1cccc(SCc2ccccc2F)c1. The van der Waals surface area contributed by atoms with Crippen LogP contribution < -0.4 is 15.4 Å². The van der Waals surface area contributed by atoms with E-state index in [1.807, 2.05) is 6.07 Å². The van der Waals surface area contributed by atoms with E-state index in [0.29, 0.717) is 33.9 Å². The number of benzene rings is 4. The van der Waals surface area contributed by atoms with E-state index in [0.717, 1.165) is 4.90 Å². The number of nitrogens with one attached hydrogen (secondary N) is 2. The summed E-state index contributed by atoms with van der Waals surface area (Å²) in [6, 6.07) is 26.7. The summed E-state index contributed by atoms with van der Waals surface area (Å²) in [6.45, 7) is 0. The minimum atomic E-state index is -0.555. The Morgan fingerprint density at radius 2 is 1.71 bits per heavy atom. The Bertz CT molecular complexity index is 1470. The molecule has 6 nitrogen and oxygen atoms in total. The summed E-state index contributed by atoms with van der Waals surface area (Å²) < 4.78 is 19.3. The van der Waals surface area contributed by atoms with E-state index in [9.17, 15) is 19.1 Å². The number of phenols is 1. The van der Waals surface area contributed by atoms with E-state index < -0.39 is 11.8 Å². The molecule has 0 atom stereocenters. The third-order valence-corrected chi connectivity index (χ3v) is 6.53. The minimum Gasteiger partial charge on any atom is -0.508 e. The van der Waals surface area contributed by atoms with Gasteiger partial charge in [-0.1, -0.05) is 42.5 Å². The van der Waals surface area contributed by atoms with Gasteiger partial charge in [0.15, 0.2) is 0 Å². The zero-order valence-electron chi connectivity index (χ0n) is 20.5. The summed E-state index contributed by atoms with van der Waals surface area (Å²) in [5, 5.41) is 15.3. The number of halogens is 1. The molecule has 8 heteroatoms. The number of hydrogen-bond acceptors (Lipinski definition) is 5. The van der Waals surface area contributed by atoms with Gasteiger partial charge in [-0.15, -0.1) is 11.8 Å². The van der Waals surface area contributed by atoms with Crippen molar-refractivity contribution in [3.63, 3.8) is 0 Å². The molecule has 0 aliphatic heterocycles. The summed E-state index contributed by atoms with van der Waals surface area (Å²) in [7, 11) is 1.44. The van der Waals surface area contributed by atoms with Crippen LogP contribution in [0.25, 0.3) is 6.08 Å². The van der Waals surface area contributed by atoms with Gasteiger partial charge in [-0.25, -0.2) is 4.39 Å². The molecule has 4 aromatic carbocycles. The van der Waals surface area contributed by atoms with Crippen molar-refractivity contribution in [1.29, 1.82) is 0 Å². The Balaban J connectivity index is 1.57. The monoisotopic (exact) mass is 528 g/mol. The van der Waals surface area contributed by atoms with Gasteiger partial charge in [-0.2, -0.15) is 0 Å². The van der Waals surface area contributed by atoms with Gasteiger partial charge in [-0.05, 0) is 60.2 Å². The number of ether oxygens (including phenoxy) is 1.